The first-order chi connectivity index (χ1) is 15.8. The number of fused-ring (bicyclic) bond motifs is 2. The van der Waals surface area contributed by atoms with Crippen molar-refractivity contribution in [1.29, 1.82) is 0 Å². The molecule has 2 aromatic heterocycles. The number of aliphatic hydroxyl groups is 1. The molecule has 0 bridgehead atoms. The predicted octanol–water partition coefficient (Wildman–Crippen LogP) is 6.04. The summed E-state index contributed by atoms with van der Waals surface area (Å²) in [6, 6.07) is 22.3. The smallest absolute Gasteiger partial charge is 0.174 e. The van der Waals surface area contributed by atoms with Gasteiger partial charge in [0.15, 0.2) is 5.58 Å². The van der Waals surface area contributed by atoms with Gasteiger partial charge in [-0.15, -0.1) is 0 Å². The molecule has 5 aromatic rings. The summed E-state index contributed by atoms with van der Waals surface area (Å²) in [7, 11) is 0. The minimum atomic E-state index is 0.0515. The number of nitrogens with zero attached hydrogens (tertiary/aromatic N) is 1. The zero-order chi connectivity index (χ0) is 21.9. The molecule has 0 unspecified atom stereocenters. The van der Waals surface area contributed by atoms with Gasteiger partial charge in [0.1, 0.15) is 11.4 Å². The molecule has 0 atom stereocenters. The Kier molecular flexibility index (Phi) is 5.65. The topological polar surface area (TPSA) is 71.3 Å². The van der Waals surface area contributed by atoms with Crippen molar-refractivity contribution in [2.75, 3.05) is 6.61 Å². The number of ether oxygens (including phenoxy) is 1. The van der Waals surface area contributed by atoms with Crippen LogP contribution in [0.1, 0.15) is 30.2 Å². The van der Waals surface area contributed by atoms with Gasteiger partial charge in [-0.05, 0) is 47.7 Å². The number of nitrogens with one attached hydrogen (secondary N) is 1. The number of aromatic nitrogens is 2. The molecule has 0 amide bonds. The zero-order valence-electron chi connectivity index (χ0n) is 18.1. The maximum Gasteiger partial charge on any atom is 0.174 e. The van der Waals surface area contributed by atoms with E-state index in [1.807, 2.05) is 60.7 Å². The summed E-state index contributed by atoms with van der Waals surface area (Å²) >= 11 is 0. The summed E-state index contributed by atoms with van der Waals surface area (Å²) in [5.74, 6) is 0.855. The van der Waals surface area contributed by atoms with Crippen LogP contribution in [0.5, 0.6) is 5.75 Å². The normalized spacial score (nSPS) is 11.4. The number of aromatic amines is 1. The SMILES string of the molecule is CCCc1c(OCCc2cc3cc(CO)ccc3[nH]2)ccc2c(-c3ccccc3)noc12. The second-order valence-electron chi connectivity index (χ2n) is 8.04. The Morgan fingerprint density at radius 1 is 1.00 bits per heavy atom. The Labute approximate surface area is 186 Å². The Morgan fingerprint density at radius 3 is 2.69 bits per heavy atom. The summed E-state index contributed by atoms with van der Waals surface area (Å²) in [5, 5.41) is 15.8. The molecule has 3 aromatic carbocycles. The van der Waals surface area contributed by atoms with E-state index in [1.54, 1.807) is 0 Å². The number of H-pyrrole nitrogens is 1. The number of aryl methyl sites for hydroxylation is 1. The van der Waals surface area contributed by atoms with Crippen LogP contribution in [0.4, 0.5) is 0 Å². The molecular formula is C27H26N2O3. The lowest BCUT2D eigenvalue weighted by atomic mass is 10.0. The summed E-state index contributed by atoms with van der Waals surface area (Å²) in [5.41, 5.74) is 6.89. The van der Waals surface area contributed by atoms with Gasteiger partial charge in [0.2, 0.25) is 0 Å². The zero-order valence-corrected chi connectivity index (χ0v) is 18.1. The van der Waals surface area contributed by atoms with Gasteiger partial charge in [0, 0.05) is 28.8 Å². The van der Waals surface area contributed by atoms with Crippen molar-refractivity contribution >= 4 is 21.9 Å². The minimum absolute atomic E-state index is 0.0515. The van der Waals surface area contributed by atoms with E-state index < -0.39 is 0 Å². The van der Waals surface area contributed by atoms with Gasteiger partial charge >= 0.3 is 0 Å². The molecular weight excluding hydrogens is 400 g/mol. The lowest BCUT2D eigenvalue weighted by Gasteiger charge is -2.11. The van der Waals surface area contributed by atoms with Crippen LogP contribution in [0.15, 0.2) is 71.3 Å². The highest BCUT2D eigenvalue weighted by atomic mass is 16.5. The van der Waals surface area contributed by atoms with Crippen LogP contribution in [0.2, 0.25) is 0 Å². The van der Waals surface area contributed by atoms with Gasteiger partial charge in [-0.1, -0.05) is 54.9 Å². The third-order valence-electron chi connectivity index (χ3n) is 5.80. The number of hydrogen-bond acceptors (Lipinski definition) is 4. The second kappa shape index (κ2) is 8.89. The summed E-state index contributed by atoms with van der Waals surface area (Å²) < 4.78 is 12.0. The lowest BCUT2D eigenvalue weighted by Crippen LogP contribution is -2.04. The van der Waals surface area contributed by atoms with Crippen LogP contribution >= 0.6 is 0 Å². The van der Waals surface area contributed by atoms with E-state index in [1.165, 1.54) is 0 Å². The first-order valence-electron chi connectivity index (χ1n) is 11.1. The van der Waals surface area contributed by atoms with Crippen molar-refractivity contribution in [3.05, 3.63) is 83.6 Å². The van der Waals surface area contributed by atoms with E-state index >= 15 is 0 Å². The highest BCUT2D eigenvalue weighted by molar-refractivity contribution is 5.94. The maximum absolute atomic E-state index is 9.34. The number of benzene rings is 3. The average Bonchev–Trinajstić information content (AvgIpc) is 3.44. The van der Waals surface area contributed by atoms with Crippen LogP contribution in [0, 0.1) is 0 Å². The van der Waals surface area contributed by atoms with Gasteiger partial charge < -0.3 is 19.4 Å². The van der Waals surface area contributed by atoms with Crippen molar-refractivity contribution in [3.63, 3.8) is 0 Å². The standard InChI is InChI=1S/C27H26N2O3/c1-2-6-22-25(12-10-23-26(29-32-27(22)23)19-7-4-3-5-8-19)31-14-13-21-16-20-15-18(17-30)9-11-24(20)28-21/h3-5,7-12,15-16,28,30H,2,6,13-14,17H2,1H3. The monoisotopic (exact) mass is 426 g/mol. The average molecular weight is 427 g/mol. The van der Waals surface area contributed by atoms with Crippen LogP contribution in [0.25, 0.3) is 33.1 Å². The summed E-state index contributed by atoms with van der Waals surface area (Å²) in [4.78, 5) is 3.43. The third-order valence-corrected chi connectivity index (χ3v) is 5.80. The number of rotatable bonds is 8. The molecule has 0 saturated carbocycles. The molecule has 0 aliphatic rings. The molecule has 5 nitrogen and oxygen atoms in total. The molecule has 0 saturated heterocycles. The van der Waals surface area contributed by atoms with Crippen LogP contribution in [0.3, 0.4) is 0 Å². The van der Waals surface area contributed by atoms with E-state index in [0.717, 1.165) is 75.0 Å². The fraction of sp³-hybridized carbons (Fsp3) is 0.222. The maximum atomic E-state index is 9.34. The molecule has 5 heteroatoms. The van der Waals surface area contributed by atoms with Crippen molar-refractivity contribution < 1.29 is 14.4 Å². The van der Waals surface area contributed by atoms with E-state index in [9.17, 15) is 5.11 Å². The van der Waals surface area contributed by atoms with Gasteiger partial charge in [-0.3, -0.25) is 0 Å². The molecule has 0 aliphatic heterocycles. The van der Waals surface area contributed by atoms with Crippen molar-refractivity contribution in [1.82, 2.24) is 10.1 Å². The molecule has 162 valence electrons. The first-order valence-corrected chi connectivity index (χ1v) is 11.1. The fourth-order valence-corrected chi connectivity index (χ4v) is 4.21. The lowest BCUT2D eigenvalue weighted by molar-refractivity contribution is 0.282. The minimum Gasteiger partial charge on any atom is -0.493 e. The molecule has 0 spiro atoms. The molecule has 2 heterocycles. The Bertz CT molecular complexity index is 1350. The summed E-state index contributed by atoms with van der Waals surface area (Å²) in [6.45, 7) is 2.76. The van der Waals surface area contributed by atoms with Crippen molar-refractivity contribution in [2.24, 2.45) is 0 Å². The molecule has 5 rings (SSSR count). The van der Waals surface area contributed by atoms with Crippen molar-refractivity contribution in [3.8, 4) is 17.0 Å². The first kappa shape index (κ1) is 20.3. The van der Waals surface area contributed by atoms with Gasteiger partial charge in [0.25, 0.3) is 0 Å². The Balaban J connectivity index is 1.37. The number of aliphatic hydroxyl groups excluding tert-OH is 1. The Hall–Kier alpha value is -3.57. The van der Waals surface area contributed by atoms with Gasteiger partial charge in [0.05, 0.1) is 18.6 Å². The van der Waals surface area contributed by atoms with E-state index in [0.29, 0.717) is 6.61 Å². The highest BCUT2D eigenvalue weighted by Crippen LogP contribution is 2.35. The van der Waals surface area contributed by atoms with Crippen LogP contribution < -0.4 is 4.74 Å². The summed E-state index contributed by atoms with van der Waals surface area (Å²) in [6.07, 6.45) is 2.62. The van der Waals surface area contributed by atoms with Crippen LogP contribution in [-0.2, 0) is 19.4 Å². The molecule has 32 heavy (non-hydrogen) atoms. The fourth-order valence-electron chi connectivity index (χ4n) is 4.21. The Morgan fingerprint density at radius 2 is 1.88 bits per heavy atom. The molecule has 0 aliphatic carbocycles. The van der Waals surface area contributed by atoms with E-state index in [-0.39, 0.29) is 6.61 Å². The molecule has 2 N–H and O–H groups in total. The number of hydrogen-bond donors (Lipinski definition) is 2. The van der Waals surface area contributed by atoms with Crippen LogP contribution in [-0.4, -0.2) is 21.9 Å². The van der Waals surface area contributed by atoms with Gasteiger partial charge in [-0.25, -0.2) is 0 Å². The van der Waals surface area contributed by atoms with Gasteiger partial charge in [-0.2, -0.15) is 0 Å². The second-order valence-corrected chi connectivity index (χ2v) is 8.04. The molecule has 0 radical (unpaired) electrons. The van der Waals surface area contributed by atoms with E-state index in [4.69, 9.17) is 9.26 Å². The predicted molar refractivity (Wildman–Crippen MR) is 127 cm³/mol. The quantitative estimate of drug-likeness (QED) is 0.317. The highest BCUT2D eigenvalue weighted by Gasteiger charge is 2.17. The molecule has 0 fully saturated rings. The van der Waals surface area contributed by atoms with Crippen molar-refractivity contribution in [2.45, 2.75) is 32.8 Å². The third kappa shape index (κ3) is 3.87. The largest absolute Gasteiger partial charge is 0.493 e. The van der Waals surface area contributed by atoms with E-state index in [2.05, 4.69) is 23.1 Å².